The van der Waals surface area contributed by atoms with Gasteiger partial charge in [0.1, 0.15) is 0 Å². The number of nitrogens with zero attached hydrogens (tertiary/aromatic N) is 3. The van der Waals surface area contributed by atoms with Crippen molar-refractivity contribution in [3.63, 3.8) is 0 Å². The number of amides is 1. The average Bonchev–Trinajstić information content (AvgIpc) is 3.02. The molecule has 1 aliphatic carbocycles. The molecule has 1 saturated carbocycles. The van der Waals surface area contributed by atoms with E-state index >= 15 is 0 Å². The summed E-state index contributed by atoms with van der Waals surface area (Å²) < 4.78 is 5.96. The molecule has 1 amide bonds. The highest BCUT2D eigenvalue weighted by Crippen LogP contribution is 2.39. The number of piperidine rings is 1. The van der Waals surface area contributed by atoms with E-state index in [9.17, 15) is 4.79 Å². The minimum absolute atomic E-state index is 0.0610. The summed E-state index contributed by atoms with van der Waals surface area (Å²) >= 11 is 1.69. The number of carbonyl (C=O) groups is 1. The number of carbonyl (C=O) groups excluding carboxylic acids is 1. The largest absolute Gasteiger partial charge is 0.379 e. The van der Waals surface area contributed by atoms with Crippen LogP contribution in [0.1, 0.15) is 32.6 Å². The highest BCUT2D eigenvalue weighted by atomic mass is 32.1. The lowest BCUT2D eigenvalue weighted by atomic mass is 9.74. The third kappa shape index (κ3) is 3.18. The molecule has 0 bridgehead atoms. The van der Waals surface area contributed by atoms with Gasteiger partial charge in [0.05, 0.1) is 13.2 Å². The molecule has 5 nitrogen and oxygen atoms in total. The number of hydrogen-bond acceptors (Lipinski definition) is 5. The first-order valence-electron chi connectivity index (χ1n) is 9.16. The van der Waals surface area contributed by atoms with Crippen molar-refractivity contribution in [3.8, 4) is 0 Å². The lowest BCUT2D eigenvalue weighted by molar-refractivity contribution is -0.144. The highest BCUT2D eigenvalue weighted by Gasteiger charge is 2.43. The number of anilines is 1. The van der Waals surface area contributed by atoms with Crippen molar-refractivity contribution < 1.29 is 9.53 Å². The van der Waals surface area contributed by atoms with Gasteiger partial charge in [0, 0.05) is 49.1 Å². The van der Waals surface area contributed by atoms with Gasteiger partial charge in [-0.25, -0.2) is 4.98 Å². The molecular formula is C18H27N3O2S. The van der Waals surface area contributed by atoms with Crippen molar-refractivity contribution >= 4 is 22.4 Å². The summed E-state index contributed by atoms with van der Waals surface area (Å²) in [6, 6.07) is 0. The predicted molar refractivity (Wildman–Crippen MR) is 95.3 cm³/mol. The molecule has 3 fully saturated rings. The van der Waals surface area contributed by atoms with Crippen LogP contribution in [0.2, 0.25) is 0 Å². The Morgan fingerprint density at radius 1 is 1.38 bits per heavy atom. The van der Waals surface area contributed by atoms with E-state index in [1.807, 2.05) is 11.6 Å². The summed E-state index contributed by atoms with van der Waals surface area (Å²) in [6.07, 6.45) is 6.24. The van der Waals surface area contributed by atoms with Gasteiger partial charge >= 0.3 is 0 Å². The SMILES string of the molecule is CC1CC(C(=O)N2CCCC3(COCCN(c4nccs4)C3)C2)C1. The second kappa shape index (κ2) is 6.64. The van der Waals surface area contributed by atoms with E-state index in [1.54, 1.807) is 11.3 Å². The zero-order chi connectivity index (χ0) is 16.6. The number of aromatic nitrogens is 1. The van der Waals surface area contributed by atoms with Crippen LogP contribution in [-0.4, -0.2) is 55.2 Å². The first-order valence-corrected chi connectivity index (χ1v) is 10.0. The van der Waals surface area contributed by atoms with Crippen molar-refractivity contribution in [1.29, 1.82) is 0 Å². The van der Waals surface area contributed by atoms with Gasteiger partial charge in [-0.2, -0.15) is 0 Å². The Balaban J connectivity index is 1.47. The Bertz CT molecular complexity index is 573. The van der Waals surface area contributed by atoms with E-state index in [0.29, 0.717) is 5.91 Å². The van der Waals surface area contributed by atoms with Gasteiger partial charge < -0.3 is 14.5 Å². The van der Waals surface area contributed by atoms with Crippen LogP contribution >= 0.6 is 11.3 Å². The molecule has 1 spiro atoms. The average molecular weight is 350 g/mol. The maximum absolute atomic E-state index is 12.8. The maximum Gasteiger partial charge on any atom is 0.225 e. The first-order chi connectivity index (χ1) is 11.7. The Labute approximate surface area is 148 Å². The number of likely N-dealkylation sites (tertiary alicyclic amines) is 1. The Morgan fingerprint density at radius 3 is 3.00 bits per heavy atom. The Morgan fingerprint density at radius 2 is 2.25 bits per heavy atom. The minimum Gasteiger partial charge on any atom is -0.379 e. The number of ether oxygens (including phenoxy) is 1. The fourth-order valence-corrected chi connectivity index (χ4v) is 5.20. The molecule has 2 aliphatic heterocycles. The predicted octanol–water partition coefficient (Wildman–Crippen LogP) is 2.63. The van der Waals surface area contributed by atoms with Gasteiger partial charge in [-0.15, -0.1) is 11.3 Å². The lowest BCUT2D eigenvalue weighted by Crippen LogP contribution is -2.54. The summed E-state index contributed by atoms with van der Waals surface area (Å²) in [5.74, 6) is 1.38. The molecule has 0 radical (unpaired) electrons. The third-order valence-electron chi connectivity index (χ3n) is 5.83. The van der Waals surface area contributed by atoms with Crippen LogP contribution in [0.15, 0.2) is 11.6 Å². The van der Waals surface area contributed by atoms with Crippen molar-refractivity contribution in [2.75, 3.05) is 44.3 Å². The number of thiazole rings is 1. The summed E-state index contributed by atoms with van der Waals surface area (Å²) in [4.78, 5) is 21.8. The Kier molecular flexibility index (Phi) is 4.52. The van der Waals surface area contributed by atoms with E-state index < -0.39 is 0 Å². The van der Waals surface area contributed by atoms with Crippen LogP contribution in [0.5, 0.6) is 0 Å². The zero-order valence-electron chi connectivity index (χ0n) is 14.4. The standard InChI is InChI=1S/C18H27N3O2S/c1-14-9-15(10-14)16(22)20-5-2-3-18(11-20)12-21(6-7-23-13-18)17-19-4-8-24-17/h4,8,14-15H,2-3,5-7,9-13H2,1H3. The van der Waals surface area contributed by atoms with Crippen LogP contribution in [0.4, 0.5) is 5.13 Å². The topological polar surface area (TPSA) is 45.7 Å². The summed E-state index contributed by atoms with van der Waals surface area (Å²) in [5, 5.41) is 3.11. The fraction of sp³-hybridized carbons (Fsp3) is 0.778. The zero-order valence-corrected chi connectivity index (χ0v) is 15.3. The maximum atomic E-state index is 12.8. The summed E-state index contributed by atoms with van der Waals surface area (Å²) in [6.45, 7) is 7.36. The van der Waals surface area contributed by atoms with Crippen LogP contribution in [-0.2, 0) is 9.53 Å². The monoisotopic (exact) mass is 349 g/mol. The van der Waals surface area contributed by atoms with E-state index in [1.165, 1.54) is 0 Å². The van der Waals surface area contributed by atoms with E-state index in [0.717, 1.165) is 76.1 Å². The van der Waals surface area contributed by atoms with Crippen molar-refractivity contribution in [2.24, 2.45) is 17.3 Å². The van der Waals surface area contributed by atoms with Gasteiger partial charge in [-0.3, -0.25) is 4.79 Å². The smallest absolute Gasteiger partial charge is 0.225 e. The van der Waals surface area contributed by atoms with E-state index in [2.05, 4.69) is 21.7 Å². The quantitative estimate of drug-likeness (QED) is 0.823. The molecule has 24 heavy (non-hydrogen) atoms. The molecule has 1 unspecified atom stereocenters. The highest BCUT2D eigenvalue weighted by molar-refractivity contribution is 7.13. The van der Waals surface area contributed by atoms with Crippen molar-refractivity contribution in [2.45, 2.75) is 32.6 Å². The van der Waals surface area contributed by atoms with Crippen molar-refractivity contribution in [3.05, 3.63) is 11.6 Å². The van der Waals surface area contributed by atoms with Crippen LogP contribution < -0.4 is 4.90 Å². The molecular weight excluding hydrogens is 322 g/mol. The number of hydrogen-bond donors (Lipinski definition) is 0. The molecule has 1 aromatic rings. The van der Waals surface area contributed by atoms with Gasteiger partial charge in [0.15, 0.2) is 5.13 Å². The van der Waals surface area contributed by atoms with Gasteiger partial charge in [0.25, 0.3) is 0 Å². The van der Waals surface area contributed by atoms with E-state index in [-0.39, 0.29) is 11.3 Å². The molecule has 1 aromatic heterocycles. The second-order valence-electron chi connectivity index (χ2n) is 7.93. The molecule has 3 aliphatic rings. The molecule has 132 valence electrons. The van der Waals surface area contributed by atoms with Crippen LogP contribution in [0, 0.1) is 17.3 Å². The van der Waals surface area contributed by atoms with Gasteiger partial charge in [0.2, 0.25) is 5.91 Å². The molecule has 0 aromatic carbocycles. The van der Waals surface area contributed by atoms with Crippen LogP contribution in [0.25, 0.3) is 0 Å². The summed E-state index contributed by atoms with van der Waals surface area (Å²) in [7, 11) is 0. The Hall–Kier alpha value is -1.14. The molecule has 3 heterocycles. The molecule has 2 saturated heterocycles. The normalized spacial score (nSPS) is 34.0. The molecule has 0 N–H and O–H groups in total. The number of rotatable bonds is 2. The summed E-state index contributed by atoms with van der Waals surface area (Å²) in [5.41, 5.74) is 0.0610. The molecule has 4 rings (SSSR count). The first kappa shape index (κ1) is 16.3. The van der Waals surface area contributed by atoms with Gasteiger partial charge in [-0.1, -0.05) is 6.92 Å². The van der Waals surface area contributed by atoms with Gasteiger partial charge in [-0.05, 0) is 31.6 Å². The minimum atomic E-state index is 0.0610. The molecule has 6 heteroatoms. The van der Waals surface area contributed by atoms with Crippen molar-refractivity contribution in [1.82, 2.24) is 9.88 Å². The fourth-order valence-electron chi connectivity index (χ4n) is 4.53. The van der Waals surface area contributed by atoms with Crippen LogP contribution in [0.3, 0.4) is 0 Å². The third-order valence-corrected chi connectivity index (χ3v) is 6.66. The van der Waals surface area contributed by atoms with E-state index in [4.69, 9.17) is 4.74 Å². The molecule has 1 atom stereocenters. The lowest BCUT2D eigenvalue weighted by Gasteiger charge is -2.45. The second-order valence-corrected chi connectivity index (χ2v) is 8.80.